The highest BCUT2D eigenvalue weighted by Gasteiger charge is 2.50. The van der Waals surface area contributed by atoms with Crippen LogP contribution in [0.2, 0.25) is 0 Å². The normalized spacial score (nSPS) is 30.0. The molecule has 0 aromatic carbocycles. The largest absolute Gasteiger partial charge is 0.444 e. The molecule has 3 atom stereocenters. The van der Waals surface area contributed by atoms with Crippen LogP contribution < -0.4 is 5.32 Å². The van der Waals surface area contributed by atoms with Gasteiger partial charge in [-0.05, 0) is 40.5 Å². The molecule has 0 aromatic heterocycles. The first-order chi connectivity index (χ1) is 8.70. The average Bonchev–Trinajstić information content (AvgIpc) is 2.59. The van der Waals surface area contributed by atoms with Crippen LogP contribution in [0.5, 0.6) is 0 Å². The molecule has 0 unspecified atom stereocenters. The Labute approximate surface area is 114 Å². The minimum atomic E-state index is -0.552. The Balaban J connectivity index is 2.22. The summed E-state index contributed by atoms with van der Waals surface area (Å²) in [6.07, 6.45) is 1.10. The summed E-state index contributed by atoms with van der Waals surface area (Å²) in [7, 11) is 0. The summed E-state index contributed by atoms with van der Waals surface area (Å²) in [5.41, 5.74) is 0.315. The Kier molecular flexibility index (Phi) is 3.32. The van der Waals surface area contributed by atoms with E-state index < -0.39 is 17.7 Å². The Morgan fingerprint density at radius 1 is 1.42 bits per heavy atom. The van der Waals surface area contributed by atoms with Crippen molar-refractivity contribution in [2.75, 3.05) is 0 Å². The summed E-state index contributed by atoms with van der Waals surface area (Å²) in [4.78, 5) is 25.9. The minimum absolute atomic E-state index is 0.0324. The molecule has 0 aliphatic carbocycles. The predicted molar refractivity (Wildman–Crippen MR) is 71.6 cm³/mol. The maximum Gasteiger partial charge on any atom is 0.411 e. The SMILES string of the molecule is C=C(C)[C@H]1NC(=O)[C@H]2CC[C@@H]1N2C(=O)OC(C)(C)C. The van der Waals surface area contributed by atoms with Gasteiger partial charge in [0.15, 0.2) is 0 Å². The zero-order valence-corrected chi connectivity index (χ0v) is 12.0. The number of nitrogens with one attached hydrogen (secondary N) is 1. The summed E-state index contributed by atoms with van der Waals surface area (Å²) in [6.45, 7) is 11.3. The fourth-order valence-corrected chi connectivity index (χ4v) is 2.80. The van der Waals surface area contributed by atoms with Crippen molar-refractivity contribution in [1.82, 2.24) is 10.2 Å². The highest BCUT2D eigenvalue weighted by molar-refractivity contribution is 5.88. The summed E-state index contributed by atoms with van der Waals surface area (Å²) >= 11 is 0. The molecule has 2 aliphatic rings. The molecule has 0 radical (unpaired) electrons. The quantitative estimate of drug-likeness (QED) is 0.737. The number of hydrogen-bond donors (Lipinski definition) is 1. The molecule has 2 rings (SSSR count). The van der Waals surface area contributed by atoms with Crippen LogP contribution >= 0.6 is 0 Å². The number of ether oxygens (including phenoxy) is 1. The molecule has 2 bridgehead atoms. The van der Waals surface area contributed by atoms with Gasteiger partial charge < -0.3 is 10.1 Å². The van der Waals surface area contributed by atoms with Crippen LogP contribution in [-0.4, -0.2) is 40.6 Å². The number of nitrogens with zero attached hydrogens (tertiary/aromatic N) is 1. The van der Waals surface area contributed by atoms with Crippen LogP contribution in [0.15, 0.2) is 12.2 Å². The molecular weight excluding hydrogens is 244 g/mol. The van der Waals surface area contributed by atoms with Crippen molar-refractivity contribution in [3.8, 4) is 0 Å². The number of fused-ring (bicyclic) bond motifs is 2. The van der Waals surface area contributed by atoms with Crippen molar-refractivity contribution < 1.29 is 14.3 Å². The minimum Gasteiger partial charge on any atom is -0.444 e. The van der Waals surface area contributed by atoms with E-state index in [0.29, 0.717) is 6.42 Å². The van der Waals surface area contributed by atoms with Crippen LogP contribution in [-0.2, 0) is 9.53 Å². The van der Waals surface area contributed by atoms with Crippen LogP contribution in [0.25, 0.3) is 0 Å². The lowest BCUT2D eigenvalue weighted by Gasteiger charge is -2.40. The summed E-state index contributed by atoms with van der Waals surface area (Å²) in [5.74, 6) is -0.104. The lowest BCUT2D eigenvalue weighted by molar-refractivity contribution is -0.129. The lowest BCUT2D eigenvalue weighted by atomic mass is 9.99. The molecule has 0 spiro atoms. The molecule has 1 N–H and O–H groups in total. The third kappa shape index (κ3) is 2.60. The van der Waals surface area contributed by atoms with E-state index in [-0.39, 0.29) is 18.0 Å². The molecule has 0 saturated carbocycles. The topological polar surface area (TPSA) is 58.6 Å². The Morgan fingerprint density at radius 2 is 2.05 bits per heavy atom. The van der Waals surface area contributed by atoms with E-state index in [1.54, 1.807) is 4.90 Å². The van der Waals surface area contributed by atoms with E-state index in [1.165, 1.54) is 0 Å². The first-order valence-corrected chi connectivity index (χ1v) is 6.68. The van der Waals surface area contributed by atoms with E-state index in [2.05, 4.69) is 11.9 Å². The van der Waals surface area contributed by atoms with Crippen LogP contribution in [0, 0.1) is 0 Å². The van der Waals surface area contributed by atoms with Gasteiger partial charge in [-0.2, -0.15) is 0 Å². The highest BCUT2D eigenvalue weighted by Crippen LogP contribution is 2.33. The molecule has 2 saturated heterocycles. The maximum atomic E-state index is 12.3. The third-order valence-corrected chi connectivity index (χ3v) is 3.55. The first kappa shape index (κ1) is 13.9. The summed E-state index contributed by atoms with van der Waals surface area (Å²) < 4.78 is 5.41. The predicted octanol–water partition coefficient (Wildman–Crippen LogP) is 1.83. The second-order valence-corrected chi connectivity index (χ2v) is 6.38. The number of carbonyl (C=O) groups excluding carboxylic acids is 2. The number of piperazine rings is 1. The van der Waals surface area contributed by atoms with Gasteiger partial charge in [0.25, 0.3) is 0 Å². The summed E-state index contributed by atoms with van der Waals surface area (Å²) in [6, 6.07) is -0.593. The number of carbonyl (C=O) groups is 2. The van der Waals surface area contributed by atoms with Gasteiger partial charge in [0.2, 0.25) is 5.91 Å². The van der Waals surface area contributed by atoms with E-state index in [4.69, 9.17) is 4.74 Å². The van der Waals surface area contributed by atoms with Crippen LogP contribution in [0.1, 0.15) is 40.5 Å². The lowest BCUT2D eigenvalue weighted by Crippen LogP contribution is -2.63. The van der Waals surface area contributed by atoms with E-state index in [1.807, 2.05) is 27.7 Å². The van der Waals surface area contributed by atoms with Gasteiger partial charge in [-0.1, -0.05) is 12.2 Å². The Hall–Kier alpha value is -1.52. The first-order valence-electron chi connectivity index (χ1n) is 6.68. The Bertz CT molecular complexity index is 425. The zero-order valence-electron chi connectivity index (χ0n) is 12.0. The van der Waals surface area contributed by atoms with Gasteiger partial charge in [-0.3, -0.25) is 9.69 Å². The van der Waals surface area contributed by atoms with Gasteiger partial charge in [0, 0.05) is 0 Å². The summed E-state index contributed by atoms with van der Waals surface area (Å²) in [5, 5.41) is 2.94. The Morgan fingerprint density at radius 3 is 2.58 bits per heavy atom. The molecule has 5 nitrogen and oxygen atoms in total. The van der Waals surface area contributed by atoms with Crippen molar-refractivity contribution in [3.05, 3.63) is 12.2 Å². The van der Waals surface area contributed by atoms with Crippen molar-refractivity contribution in [3.63, 3.8) is 0 Å². The fourth-order valence-electron chi connectivity index (χ4n) is 2.80. The van der Waals surface area contributed by atoms with Crippen LogP contribution in [0.3, 0.4) is 0 Å². The van der Waals surface area contributed by atoms with Gasteiger partial charge in [-0.25, -0.2) is 4.79 Å². The van der Waals surface area contributed by atoms with Gasteiger partial charge in [0.1, 0.15) is 11.6 Å². The molecule has 2 aliphatic heterocycles. The molecule has 2 amide bonds. The highest BCUT2D eigenvalue weighted by atomic mass is 16.6. The van der Waals surface area contributed by atoms with Crippen molar-refractivity contribution in [2.45, 2.75) is 64.3 Å². The average molecular weight is 266 g/mol. The second kappa shape index (κ2) is 4.54. The smallest absolute Gasteiger partial charge is 0.411 e. The second-order valence-electron chi connectivity index (χ2n) is 6.38. The molecule has 19 heavy (non-hydrogen) atoms. The van der Waals surface area contributed by atoms with Crippen molar-refractivity contribution in [2.24, 2.45) is 0 Å². The van der Waals surface area contributed by atoms with Gasteiger partial charge in [0.05, 0.1) is 12.1 Å². The standard InChI is InChI=1S/C14H22N2O3/c1-8(2)11-9-6-7-10(12(17)15-11)16(9)13(18)19-14(3,4)5/h9-11H,1,6-7H2,2-5H3,(H,15,17)/t9-,10+,11+/m0/s1. The molecule has 106 valence electrons. The molecule has 0 aromatic rings. The monoisotopic (exact) mass is 266 g/mol. The molecule has 2 heterocycles. The number of amides is 2. The molecule has 2 fully saturated rings. The van der Waals surface area contributed by atoms with Crippen molar-refractivity contribution >= 4 is 12.0 Å². The van der Waals surface area contributed by atoms with E-state index in [0.717, 1.165) is 12.0 Å². The van der Waals surface area contributed by atoms with E-state index >= 15 is 0 Å². The molecule has 5 heteroatoms. The van der Waals surface area contributed by atoms with E-state index in [9.17, 15) is 9.59 Å². The number of rotatable bonds is 1. The van der Waals surface area contributed by atoms with Crippen LogP contribution in [0.4, 0.5) is 4.79 Å². The molecular formula is C14H22N2O3. The van der Waals surface area contributed by atoms with Crippen molar-refractivity contribution in [1.29, 1.82) is 0 Å². The zero-order chi connectivity index (χ0) is 14.4. The fraction of sp³-hybridized carbons (Fsp3) is 0.714. The number of hydrogen-bond acceptors (Lipinski definition) is 3. The maximum absolute atomic E-state index is 12.3. The third-order valence-electron chi connectivity index (χ3n) is 3.55. The van der Waals surface area contributed by atoms with Gasteiger partial charge in [-0.15, -0.1) is 0 Å². The van der Waals surface area contributed by atoms with Gasteiger partial charge >= 0.3 is 6.09 Å².